The summed E-state index contributed by atoms with van der Waals surface area (Å²) < 4.78 is 6.52. The van der Waals surface area contributed by atoms with Crippen LogP contribution in [0.3, 0.4) is 0 Å². The average molecular weight is 350 g/mol. The van der Waals surface area contributed by atoms with Crippen LogP contribution in [-0.2, 0) is 4.43 Å². The molecule has 2 rings (SSSR count). The topological polar surface area (TPSA) is 63.4 Å². The fourth-order valence-corrected chi connectivity index (χ4v) is 7.71. The predicted octanol–water partition coefficient (Wildman–Crippen LogP) is 2.66. The van der Waals surface area contributed by atoms with E-state index in [1.807, 2.05) is 60.7 Å². The highest BCUT2D eigenvalue weighted by atomic mass is 28.4. The molecule has 0 amide bonds. The molecule has 0 saturated heterocycles. The lowest BCUT2D eigenvalue weighted by molar-refractivity contribution is 0.224. The van der Waals surface area contributed by atoms with E-state index in [0.29, 0.717) is 0 Å². The van der Waals surface area contributed by atoms with E-state index in [4.69, 9.17) is 16.7 Å². The zero-order chi connectivity index (χ0) is 18.5. The number of rotatable bonds is 5. The van der Waals surface area contributed by atoms with Gasteiger partial charge in [-0.15, -0.1) is 0 Å². The van der Waals surface area contributed by atoms with Gasteiger partial charge in [0.05, 0.1) is 0 Å². The van der Waals surface area contributed by atoms with Crippen LogP contribution in [0.5, 0.6) is 0 Å². The van der Waals surface area contributed by atoms with Crippen LogP contribution in [0, 0.1) is 17.9 Å². The molecule has 0 heterocycles. The standard InChI is InChI=1S/C20H23N3OSi/c1-20(2,3)25(16-11-7-5-8-12-16,17-13-9-6-10-14-17)24-18(15-21)19(22)23-4/h5-14,18-19H,22H2,1-3H3/t18-,19?/m1/s1. The second kappa shape index (κ2) is 7.63. The van der Waals surface area contributed by atoms with Gasteiger partial charge in [0.25, 0.3) is 8.32 Å². The minimum atomic E-state index is -2.86. The maximum Gasteiger partial charge on any atom is 0.313 e. The molecule has 128 valence electrons. The summed E-state index contributed by atoms with van der Waals surface area (Å²) in [6.07, 6.45) is -1.99. The van der Waals surface area contributed by atoms with Gasteiger partial charge in [-0.25, -0.2) is 6.57 Å². The molecule has 0 saturated carbocycles. The van der Waals surface area contributed by atoms with Gasteiger partial charge in [-0.05, 0) is 15.4 Å². The highest BCUT2D eigenvalue weighted by Crippen LogP contribution is 2.37. The van der Waals surface area contributed by atoms with E-state index in [0.717, 1.165) is 10.4 Å². The van der Waals surface area contributed by atoms with E-state index in [2.05, 4.69) is 31.7 Å². The van der Waals surface area contributed by atoms with Crippen LogP contribution < -0.4 is 16.1 Å². The average Bonchev–Trinajstić information content (AvgIpc) is 2.62. The molecule has 0 bridgehead atoms. The molecule has 0 aromatic heterocycles. The molecule has 2 atom stereocenters. The van der Waals surface area contributed by atoms with Crippen molar-refractivity contribution < 1.29 is 4.43 Å². The van der Waals surface area contributed by atoms with Gasteiger partial charge in [0, 0.05) is 0 Å². The van der Waals surface area contributed by atoms with Gasteiger partial charge in [0.2, 0.25) is 6.10 Å². The van der Waals surface area contributed by atoms with Crippen LogP contribution in [0.1, 0.15) is 20.8 Å². The number of nitrogens with two attached hydrogens (primary N) is 1. The van der Waals surface area contributed by atoms with Gasteiger partial charge in [-0.3, -0.25) is 10.6 Å². The van der Waals surface area contributed by atoms with Crippen LogP contribution >= 0.6 is 0 Å². The van der Waals surface area contributed by atoms with Crippen LogP contribution in [0.2, 0.25) is 5.04 Å². The normalized spacial score (nSPS) is 14.2. The van der Waals surface area contributed by atoms with Crippen LogP contribution in [0.15, 0.2) is 60.7 Å². The summed E-state index contributed by atoms with van der Waals surface area (Å²) in [5.74, 6) is 0. The lowest BCUT2D eigenvalue weighted by atomic mass is 10.2. The molecule has 0 aliphatic rings. The molecule has 25 heavy (non-hydrogen) atoms. The molecule has 0 spiro atoms. The first-order valence-corrected chi connectivity index (χ1v) is 10.1. The SMILES string of the molecule is [C-]#[N+]C(N)[C@@H](C#N)O[Si](c1ccccc1)(c1ccccc1)C(C)(C)C. The molecule has 0 aliphatic carbocycles. The van der Waals surface area contributed by atoms with E-state index in [1.165, 1.54) is 0 Å². The first kappa shape index (κ1) is 18.9. The lowest BCUT2D eigenvalue weighted by Gasteiger charge is -2.43. The lowest BCUT2D eigenvalue weighted by Crippen LogP contribution is -2.68. The Hall–Kier alpha value is -2.44. The molecule has 0 radical (unpaired) electrons. The summed E-state index contributed by atoms with van der Waals surface area (Å²) in [7, 11) is -2.86. The minimum absolute atomic E-state index is 0.257. The maximum atomic E-state index is 9.57. The molecule has 5 heteroatoms. The van der Waals surface area contributed by atoms with Crippen molar-refractivity contribution in [3.63, 3.8) is 0 Å². The number of hydrogen-bond acceptors (Lipinski definition) is 3. The summed E-state index contributed by atoms with van der Waals surface area (Å²) in [6.45, 7) is 13.6. The third-order valence-electron chi connectivity index (χ3n) is 4.31. The second-order valence-electron chi connectivity index (χ2n) is 6.95. The number of hydrogen-bond donors (Lipinski definition) is 1. The Labute approximate surface area is 150 Å². The Balaban J connectivity index is 2.74. The van der Waals surface area contributed by atoms with Crippen molar-refractivity contribution in [2.24, 2.45) is 5.73 Å². The predicted molar refractivity (Wildman–Crippen MR) is 103 cm³/mol. The first-order valence-electron chi connectivity index (χ1n) is 8.17. The van der Waals surface area contributed by atoms with Crippen molar-refractivity contribution in [3.8, 4) is 6.07 Å². The third kappa shape index (κ3) is 3.65. The Bertz CT molecular complexity index is 733. The summed E-state index contributed by atoms with van der Waals surface area (Å²) in [6, 6.07) is 22.1. The zero-order valence-electron chi connectivity index (χ0n) is 14.8. The number of benzene rings is 2. The monoisotopic (exact) mass is 349 g/mol. The van der Waals surface area contributed by atoms with Crippen LogP contribution in [-0.4, -0.2) is 20.6 Å². The van der Waals surface area contributed by atoms with Gasteiger partial charge in [-0.1, -0.05) is 81.4 Å². The maximum absolute atomic E-state index is 9.57. The van der Waals surface area contributed by atoms with Crippen molar-refractivity contribution in [3.05, 3.63) is 72.1 Å². The van der Waals surface area contributed by atoms with E-state index in [1.54, 1.807) is 0 Å². The Morgan fingerprint density at radius 3 is 1.80 bits per heavy atom. The minimum Gasteiger partial charge on any atom is -0.385 e. The Kier molecular flexibility index (Phi) is 5.76. The van der Waals surface area contributed by atoms with Crippen molar-refractivity contribution in [1.82, 2.24) is 0 Å². The van der Waals surface area contributed by atoms with Crippen molar-refractivity contribution in [2.75, 3.05) is 0 Å². The fourth-order valence-electron chi connectivity index (χ4n) is 3.12. The van der Waals surface area contributed by atoms with E-state index in [-0.39, 0.29) is 5.04 Å². The molecule has 1 unspecified atom stereocenters. The van der Waals surface area contributed by atoms with Crippen LogP contribution in [0.4, 0.5) is 0 Å². The van der Waals surface area contributed by atoms with E-state index in [9.17, 15) is 5.26 Å². The molecule has 4 nitrogen and oxygen atoms in total. The van der Waals surface area contributed by atoms with Crippen molar-refractivity contribution in [2.45, 2.75) is 38.1 Å². The molecule has 0 aliphatic heterocycles. The molecule has 2 aromatic carbocycles. The largest absolute Gasteiger partial charge is 0.385 e. The van der Waals surface area contributed by atoms with Crippen LogP contribution in [0.25, 0.3) is 4.85 Å². The van der Waals surface area contributed by atoms with Gasteiger partial charge >= 0.3 is 6.17 Å². The highest BCUT2D eigenvalue weighted by Gasteiger charge is 2.52. The van der Waals surface area contributed by atoms with Crippen molar-refractivity contribution in [1.29, 1.82) is 5.26 Å². The third-order valence-corrected chi connectivity index (χ3v) is 9.32. The van der Waals surface area contributed by atoms with Gasteiger partial charge in [0.1, 0.15) is 6.07 Å². The zero-order valence-corrected chi connectivity index (χ0v) is 15.8. The fraction of sp³-hybridized carbons (Fsp3) is 0.300. The summed E-state index contributed by atoms with van der Waals surface area (Å²) in [5, 5.41) is 11.4. The highest BCUT2D eigenvalue weighted by molar-refractivity contribution is 6.99. The molecule has 2 N–H and O–H groups in total. The summed E-state index contributed by atoms with van der Waals surface area (Å²) in [4.78, 5) is 3.32. The molecule has 0 fully saturated rings. The first-order chi connectivity index (χ1) is 11.9. The smallest absolute Gasteiger partial charge is 0.313 e. The van der Waals surface area contributed by atoms with Crippen molar-refractivity contribution >= 4 is 18.7 Å². The summed E-state index contributed by atoms with van der Waals surface area (Å²) in [5.41, 5.74) is 5.85. The number of nitriles is 1. The molecular formula is C20H23N3OSi. The molecular weight excluding hydrogens is 326 g/mol. The van der Waals surface area contributed by atoms with Gasteiger partial charge < -0.3 is 4.43 Å². The molecule has 2 aromatic rings. The Morgan fingerprint density at radius 2 is 1.48 bits per heavy atom. The quantitative estimate of drug-likeness (QED) is 0.667. The van der Waals surface area contributed by atoms with E-state index >= 15 is 0 Å². The number of nitrogens with zero attached hydrogens (tertiary/aromatic N) is 2. The van der Waals surface area contributed by atoms with Gasteiger partial charge in [0.15, 0.2) is 0 Å². The Morgan fingerprint density at radius 1 is 1.04 bits per heavy atom. The van der Waals surface area contributed by atoms with Gasteiger partial charge in [-0.2, -0.15) is 5.26 Å². The summed E-state index contributed by atoms with van der Waals surface area (Å²) >= 11 is 0. The van der Waals surface area contributed by atoms with E-state index < -0.39 is 20.6 Å². The second-order valence-corrected chi connectivity index (χ2v) is 11.2.